The molecule has 0 bridgehead atoms. The zero-order chi connectivity index (χ0) is 14.2. The largest absolute Gasteiger partial charge is 0.243 e. The van der Waals surface area contributed by atoms with E-state index >= 15 is 0 Å². The fraction of sp³-hybridized carbons (Fsp3) is 0.600. The Morgan fingerprint density at radius 3 is 2.25 bits per heavy atom. The van der Waals surface area contributed by atoms with Gasteiger partial charge in [0.2, 0.25) is 10.0 Å². The third-order valence-electron chi connectivity index (χ3n) is 4.00. The van der Waals surface area contributed by atoms with Crippen molar-refractivity contribution in [2.24, 2.45) is 5.92 Å². The SMILES string of the molecule is O=S(=O)(c1ccc(CCCl)cc1)N(CC1CC1)C1CC1. The van der Waals surface area contributed by atoms with Gasteiger partial charge < -0.3 is 0 Å². The molecular formula is C15H20ClNO2S. The predicted octanol–water partition coefficient (Wildman–Crippen LogP) is 3.03. The van der Waals surface area contributed by atoms with Crippen LogP contribution < -0.4 is 0 Å². The predicted molar refractivity (Wildman–Crippen MR) is 80.5 cm³/mol. The van der Waals surface area contributed by atoms with Gasteiger partial charge >= 0.3 is 0 Å². The van der Waals surface area contributed by atoms with Gasteiger partial charge in [0.25, 0.3) is 0 Å². The number of nitrogens with zero attached hydrogens (tertiary/aromatic N) is 1. The van der Waals surface area contributed by atoms with Gasteiger partial charge in [-0.1, -0.05) is 12.1 Å². The lowest BCUT2D eigenvalue weighted by atomic mass is 10.2. The smallest absolute Gasteiger partial charge is 0.207 e. The van der Waals surface area contributed by atoms with E-state index in [1.165, 1.54) is 12.8 Å². The van der Waals surface area contributed by atoms with E-state index in [1.54, 1.807) is 16.4 Å². The van der Waals surface area contributed by atoms with E-state index in [1.807, 2.05) is 12.1 Å². The molecule has 0 spiro atoms. The Balaban J connectivity index is 1.81. The highest BCUT2D eigenvalue weighted by molar-refractivity contribution is 7.89. The molecule has 2 fully saturated rings. The molecular weight excluding hydrogens is 294 g/mol. The Kier molecular flexibility index (Phi) is 4.07. The number of hydrogen-bond acceptors (Lipinski definition) is 2. The molecule has 0 atom stereocenters. The quantitative estimate of drug-likeness (QED) is 0.726. The fourth-order valence-corrected chi connectivity index (χ4v) is 4.41. The summed E-state index contributed by atoms with van der Waals surface area (Å²) >= 11 is 5.70. The molecule has 1 aromatic carbocycles. The summed E-state index contributed by atoms with van der Waals surface area (Å²) in [5, 5.41) is 0. The lowest BCUT2D eigenvalue weighted by Gasteiger charge is -2.21. The van der Waals surface area contributed by atoms with Crippen LogP contribution in [0, 0.1) is 5.92 Å². The maximum absolute atomic E-state index is 12.7. The van der Waals surface area contributed by atoms with Crippen molar-refractivity contribution in [2.45, 2.75) is 43.0 Å². The van der Waals surface area contributed by atoms with E-state index < -0.39 is 10.0 Å². The van der Waals surface area contributed by atoms with E-state index in [0.29, 0.717) is 23.2 Å². The maximum Gasteiger partial charge on any atom is 0.243 e. The first-order chi connectivity index (χ1) is 9.61. The Hall–Kier alpha value is -0.580. The molecule has 2 saturated carbocycles. The highest BCUT2D eigenvalue weighted by atomic mass is 35.5. The normalized spacial score (nSPS) is 19.5. The molecule has 0 aromatic heterocycles. The molecule has 20 heavy (non-hydrogen) atoms. The highest BCUT2D eigenvalue weighted by Gasteiger charge is 2.40. The van der Waals surface area contributed by atoms with Crippen LogP contribution in [-0.4, -0.2) is 31.2 Å². The van der Waals surface area contributed by atoms with Crippen molar-refractivity contribution >= 4 is 21.6 Å². The zero-order valence-corrected chi connectivity index (χ0v) is 13.0. The minimum atomic E-state index is -3.32. The number of benzene rings is 1. The third-order valence-corrected chi connectivity index (χ3v) is 6.12. The van der Waals surface area contributed by atoms with Crippen LogP contribution in [0.5, 0.6) is 0 Å². The van der Waals surface area contributed by atoms with E-state index in [4.69, 9.17) is 11.6 Å². The summed E-state index contributed by atoms with van der Waals surface area (Å²) in [5.74, 6) is 1.14. The fourth-order valence-electron chi connectivity index (χ4n) is 2.43. The van der Waals surface area contributed by atoms with Crippen molar-refractivity contribution in [3.8, 4) is 0 Å². The van der Waals surface area contributed by atoms with Crippen LogP contribution in [0.4, 0.5) is 0 Å². The summed E-state index contributed by atoms with van der Waals surface area (Å²) in [6, 6.07) is 7.43. The van der Waals surface area contributed by atoms with Crippen LogP contribution in [0.25, 0.3) is 0 Å². The Bertz CT molecular complexity index is 562. The van der Waals surface area contributed by atoms with Crippen molar-refractivity contribution in [1.82, 2.24) is 4.31 Å². The molecule has 0 unspecified atom stereocenters. The first-order valence-electron chi connectivity index (χ1n) is 7.28. The van der Waals surface area contributed by atoms with Crippen LogP contribution in [-0.2, 0) is 16.4 Å². The summed E-state index contributed by atoms with van der Waals surface area (Å²) in [4.78, 5) is 0.420. The Labute approximate surface area is 126 Å². The molecule has 0 amide bonds. The van der Waals surface area contributed by atoms with Gasteiger partial charge in [-0.3, -0.25) is 0 Å². The molecule has 2 aliphatic rings. The van der Waals surface area contributed by atoms with E-state index in [2.05, 4.69) is 0 Å². The molecule has 0 radical (unpaired) electrons. The van der Waals surface area contributed by atoms with Gasteiger partial charge in [0, 0.05) is 18.5 Å². The standard InChI is InChI=1S/C15H20ClNO2S/c16-10-9-12-3-7-15(8-4-12)20(18,19)17(14-5-6-14)11-13-1-2-13/h3-4,7-8,13-14H,1-2,5-6,9-11H2. The van der Waals surface area contributed by atoms with Crippen LogP contribution in [0.15, 0.2) is 29.2 Å². The van der Waals surface area contributed by atoms with Gasteiger partial charge in [0.15, 0.2) is 0 Å². The first-order valence-corrected chi connectivity index (χ1v) is 9.25. The van der Waals surface area contributed by atoms with Gasteiger partial charge in [-0.15, -0.1) is 11.6 Å². The lowest BCUT2D eigenvalue weighted by molar-refractivity contribution is 0.389. The summed E-state index contributed by atoms with van der Waals surface area (Å²) in [6.07, 6.45) is 5.14. The van der Waals surface area contributed by atoms with Crippen LogP contribution >= 0.6 is 11.6 Å². The second kappa shape index (κ2) is 5.66. The number of aryl methyl sites for hydroxylation is 1. The first kappa shape index (κ1) is 14.4. The van der Waals surface area contributed by atoms with Crippen molar-refractivity contribution < 1.29 is 8.42 Å². The van der Waals surface area contributed by atoms with Crippen molar-refractivity contribution in [2.75, 3.05) is 12.4 Å². The van der Waals surface area contributed by atoms with Gasteiger partial charge in [0.05, 0.1) is 4.90 Å². The molecule has 5 heteroatoms. The lowest BCUT2D eigenvalue weighted by Crippen LogP contribution is -2.34. The average molecular weight is 314 g/mol. The molecule has 0 heterocycles. The van der Waals surface area contributed by atoms with Gasteiger partial charge in [-0.05, 0) is 55.7 Å². The number of alkyl halides is 1. The molecule has 3 nitrogen and oxygen atoms in total. The second-order valence-corrected chi connectivity index (χ2v) is 8.10. The highest BCUT2D eigenvalue weighted by Crippen LogP contribution is 2.38. The minimum absolute atomic E-state index is 0.239. The van der Waals surface area contributed by atoms with Crippen molar-refractivity contribution in [3.63, 3.8) is 0 Å². The minimum Gasteiger partial charge on any atom is -0.207 e. The van der Waals surface area contributed by atoms with E-state index in [0.717, 1.165) is 24.8 Å². The Morgan fingerprint density at radius 2 is 1.75 bits per heavy atom. The van der Waals surface area contributed by atoms with Gasteiger partial charge in [-0.25, -0.2) is 8.42 Å². The number of halogens is 1. The molecule has 110 valence electrons. The Morgan fingerprint density at radius 1 is 1.10 bits per heavy atom. The number of rotatable bonds is 7. The molecule has 0 saturated heterocycles. The maximum atomic E-state index is 12.7. The monoisotopic (exact) mass is 313 g/mol. The van der Waals surface area contributed by atoms with Crippen molar-refractivity contribution in [1.29, 1.82) is 0 Å². The zero-order valence-electron chi connectivity index (χ0n) is 11.5. The molecule has 0 N–H and O–H groups in total. The molecule has 1 aromatic rings. The summed E-state index contributed by atoms with van der Waals surface area (Å²) < 4.78 is 27.2. The average Bonchev–Trinajstić information content (AvgIpc) is 3.29. The molecule has 0 aliphatic heterocycles. The van der Waals surface area contributed by atoms with Crippen LogP contribution in [0.2, 0.25) is 0 Å². The van der Waals surface area contributed by atoms with Crippen molar-refractivity contribution in [3.05, 3.63) is 29.8 Å². The summed E-state index contributed by atoms with van der Waals surface area (Å²) in [6.45, 7) is 0.705. The van der Waals surface area contributed by atoms with Gasteiger partial charge in [-0.2, -0.15) is 4.31 Å². The summed E-state index contributed by atoms with van der Waals surface area (Å²) in [5.41, 5.74) is 1.08. The number of hydrogen-bond donors (Lipinski definition) is 0. The molecule has 3 rings (SSSR count). The molecule has 2 aliphatic carbocycles. The van der Waals surface area contributed by atoms with E-state index in [-0.39, 0.29) is 6.04 Å². The second-order valence-electron chi connectivity index (χ2n) is 5.83. The third kappa shape index (κ3) is 3.18. The van der Waals surface area contributed by atoms with Crippen LogP contribution in [0.1, 0.15) is 31.2 Å². The van der Waals surface area contributed by atoms with E-state index in [9.17, 15) is 8.42 Å². The topological polar surface area (TPSA) is 37.4 Å². The van der Waals surface area contributed by atoms with Crippen LogP contribution in [0.3, 0.4) is 0 Å². The van der Waals surface area contributed by atoms with Gasteiger partial charge in [0.1, 0.15) is 0 Å². The number of sulfonamides is 1. The summed E-state index contributed by atoms with van der Waals surface area (Å²) in [7, 11) is -3.32.